The molecule has 0 unspecified atom stereocenters. The van der Waals surface area contributed by atoms with Gasteiger partial charge in [0.15, 0.2) is 0 Å². The third-order valence-electron chi connectivity index (χ3n) is 4.55. The van der Waals surface area contributed by atoms with Crippen LogP contribution in [0.3, 0.4) is 0 Å². The van der Waals surface area contributed by atoms with Crippen molar-refractivity contribution in [2.45, 2.75) is 25.9 Å². The Hall–Kier alpha value is -2.99. The lowest BCUT2D eigenvalue weighted by Gasteiger charge is -2.24. The fourth-order valence-electron chi connectivity index (χ4n) is 3.01. The topological polar surface area (TPSA) is 78.4 Å². The van der Waals surface area contributed by atoms with E-state index in [1.54, 1.807) is 30.3 Å². The molecule has 1 atom stereocenters. The number of amides is 2. The van der Waals surface area contributed by atoms with Crippen LogP contribution in [0.5, 0.6) is 0 Å². The average Bonchev–Trinajstić information content (AvgIpc) is 2.64. The van der Waals surface area contributed by atoms with Crippen LogP contribution >= 0.6 is 0 Å². The maximum Gasteiger partial charge on any atom is 0.253 e. The Balaban J connectivity index is 1.89. The number of benzene rings is 2. The molecule has 2 aromatic carbocycles. The van der Waals surface area contributed by atoms with E-state index in [4.69, 9.17) is 0 Å². The molecular formula is C20H19FN2O3. The molecule has 6 heteroatoms. The van der Waals surface area contributed by atoms with Crippen LogP contribution < -0.4 is 10.6 Å². The largest absolute Gasteiger partial charge is 0.392 e. The van der Waals surface area contributed by atoms with Gasteiger partial charge in [-0.05, 0) is 41.8 Å². The molecule has 0 saturated carbocycles. The Morgan fingerprint density at radius 3 is 2.69 bits per heavy atom. The maximum absolute atomic E-state index is 13.2. The minimum absolute atomic E-state index is 0.112. The molecule has 134 valence electrons. The Labute approximate surface area is 150 Å². The van der Waals surface area contributed by atoms with E-state index in [0.29, 0.717) is 16.8 Å². The minimum atomic E-state index is -0.453. The van der Waals surface area contributed by atoms with Gasteiger partial charge in [0, 0.05) is 29.8 Å². The summed E-state index contributed by atoms with van der Waals surface area (Å²) in [4.78, 5) is 24.6. The lowest BCUT2D eigenvalue weighted by Crippen LogP contribution is -2.32. The molecule has 0 spiro atoms. The van der Waals surface area contributed by atoms with Crippen molar-refractivity contribution in [1.82, 2.24) is 5.32 Å². The van der Waals surface area contributed by atoms with E-state index in [1.165, 1.54) is 18.3 Å². The van der Waals surface area contributed by atoms with Gasteiger partial charge in [0.05, 0.1) is 6.61 Å². The second-order valence-electron chi connectivity index (χ2n) is 6.18. The third-order valence-corrected chi connectivity index (χ3v) is 4.55. The molecule has 0 fully saturated rings. The van der Waals surface area contributed by atoms with E-state index in [1.807, 2.05) is 6.92 Å². The predicted molar refractivity (Wildman–Crippen MR) is 95.7 cm³/mol. The van der Waals surface area contributed by atoms with Crippen molar-refractivity contribution in [2.24, 2.45) is 0 Å². The standard InChI is InChI=1S/C20H19FN2O3/c1-12-14(11-24)3-2-4-18(12)23-20(26)17-10-22-19(25)9-16(17)13-5-7-15(21)8-6-13/h2-8,10,16,24H,9,11H2,1H3,(H,22,25)(H,23,26)/t16-/m1/s1. The summed E-state index contributed by atoms with van der Waals surface area (Å²) in [6, 6.07) is 11.1. The Morgan fingerprint density at radius 1 is 1.27 bits per heavy atom. The molecule has 2 amide bonds. The molecule has 0 bridgehead atoms. The first-order valence-corrected chi connectivity index (χ1v) is 8.25. The second kappa shape index (κ2) is 7.49. The molecule has 5 nitrogen and oxygen atoms in total. The molecule has 0 aliphatic carbocycles. The molecule has 26 heavy (non-hydrogen) atoms. The molecule has 1 aliphatic rings. The van der Waals surface area contributed by atoms with E-state index < -0.39 is 5.92 Å². The van der Waals surface area contributed by atoms with E-state index >= 15 is 0 Å². The van der Waals surface area contributed by atoms with Crippen molar-refractivity contribution in [3.8, 4) is 0 Å². The molecule has 0 aromatic heterocycles. The second-order valence-corrected chi connectivity index (χ2v) is 6.18. The third kappa shape index (κ3) is 3.65. The highest BCUT2D eigenvalue weighted by molar-refractivity contribution is 6.06. The number of halogens is 1. The van der Waals surface area contributed by atoms with Gasteiger partial charge >= 0.3 is 0 Å². The SMILES string of the molecule is Cc1c(CO)cccc1NC(=O)C1=CNC(=O)C[C@@H]1c1ccc(F)cc1. The van der Waals surface area contributed by atoms with Crippen LogP contribution in [0.15, 0.2) is 54.2 Å². The van der Waals surface area contributed by atoms with Gasteiger partial charge in [0.25, 0.3) is 5.91 Å². The number of rotatable bonds is 4. The number of carbonyl (C=O) groups excluding carboxylic acids is 2. The van der Waals surface area contributed by atoms with Gasteiger partial charge in [-0.1, -0.05) is 24.3 Å². The van der Waals surface area contributed by atoms with Crippen LogP contribution in [-0.4, -0.2) is 16.9 Å². The van der Waals surface area contributed by atoms with Gasteiger partial charge in [-0.25, -0.2) is 4.39 Å². The lowest BCUT2D eigenvalue weighted by atomic mass is 9.86. The van der Waals surface area contributed by atoms with Crippen molar-refractivity contribution in [3.05, 3.63) is 76.7 Å². The van der Waals surface area contributed by atoms with E-state index in [-0.39, 0.29) is 30.7 Å². The van der Waals surface area contributed by atoms with Crippen LogP contribution in [0, 0.1) is 12.7 Å². The Morgan fingerprint density at radius 2 is 2.00 bits per heavy atom. The number of aliphatic hydroxyl groups excluding tert-OH is 1. The maximum atomic E-state index is 13.2. The fourth-order valence-corrected chi connectivity index (χ4v) is 3.01. The van der Waals surface area contributed by atoms with Crippen molar-refractivity contribution < 1.29 is 19.1 Å². The van der Waals surface area contributed by atoms with Gasteiger partial charge in [-0.15, -0.1) is 0 Å². The molecular weight excluding hydrogens is 335 g/mol. The Bertz CT molecular complexity index is 875. The zero-order valence-electron chi connectivity index (χ0n) is 14.3. The molecule has 0 radical (unpaired) electrons. The molecule has 1 aliphatic heterocycles. The minimum Gasteiger partial charge on any atom is -0.392 e. The van der Waals surface area contributed by atoms with Gasteiger partial charge in [0.2, 0.25) is 5.91 Å². The number of hydrogen-bond acceptors (Lipinski definition) is 3. The molecule has 3 rings (SSSR count). The summed E-state index contributed by atoms with van der Waals surface area (Å²) >= 11 is 0. The zero-order valence-corrected chi connectivity index (χ0v) is 14.3. The number of hydrogen-bond donors (Lipinski definition) is 3. The van der Waals surface area contributed by atoms with Crippen molar-refractivity contribution >= 4 is 17.5 Å². The molecule has 2 aromatic rings. The summed E-state index contributed by atoms with van der Waals surface area (Å²) in [7, 11) is 0. The summed E-state index contributed by atoms with van der Waals surface area (Å²) < 4.78 is 13.2. The van der Waals surface area contributed by atoms with Gasteiger partial charge < -0.3 is 15.7 Å². The van der Waals surface area contributed by atoms with E-state index in [9.17, 15) is 19.1 Å². The van der Waals surface area contributed by atoms with Crippen LogP contribution in [0.25, 0.3) is 0 Å². The number of anilines is 1. The highest BCUT2D eigenvalue weighted by Gasteiger charge is 2.29. The van der Waals surface area contributed by atoms with Gasteiger partial charge in [0.1, 0.15) is 5.82 Å². The van der Waals surface area contributed by atoms with Crippen molar-refractivity contribution in [2.75, 3.05) is 5.32 Å². The zero-order chi connectivity index (χ0) is 18.7. The first-order chi connectivity index (χ1) is 12.5. The molecule has 0 saturated heterocycles. The first-order valence-electron chi connectivity index (χ1n) is 8.25. The number of nitrogens with one attached hydrogen (secondary N) is 2. The normalized spacial score (nSPS) is 16.7. The summed E-state index contributed by atoms with van der Waals surface area (Å²) in [5.74, 6) is -1.38. The van der Waals surface area contributed by atoms with Crippen molar-refractivity contribution in [3.63, 3.8) is 0 Å². The molecule has 1 heterocycles. The van der Waals surface area contributed by atoms with Crippen LogP contribution in [-0.2, 0) is 16.2 Å². The fraction of sp³-hybridized carbons (Fsp3) is 0.200. The van der Waals surface area contributed by atoms with Crippen molar-refractivity contribution in [1.29, 1.82) is 0 Å². The van der Waals surface area contributed by atoms with Gasteiger partial charge in [-0.3, -0.25) is 9.59 Å². The summed E-state index contributed by atoms with van der Waals surface area (Å²) in [5, 5.41) is 14.8. The van der Waals surface area contributed by atoms with Crippen LogP contribution in [0.2, 0.25) is 0 Å². The average molecular weight is 354 g/mol. The Kier molecular flexibility index (Phi) is 5.14. The summed E-state index contributed by atoms with van der Waals surface area (Å²) in [6.45, 7) is 1.70. The molecule has 3 N–H and O–H groups in total. The van der Waals surface area contributed by atoms with E-state index in [0.717, 1.165) is 11.1 Å². The number of aliphatic hydroxyl groups is 1. The highest BCUT2D eigenvalue weighted by Crippen LogP contribution is 2.31. The summed E-state index contributed by atoms with van der Waals surface area (Å²) in [6.07, 6.45) is 1.51. The van der Waals surface area contributed by atoms with E-state index in [2.05, 4.69) is 10.6 Å². The first kappa shape index (κ1) is 17.8. The predicted octanol–water partition coefficient (Wildman–Crippen LogP) is 2.75. The smallest absolute Gasteiger partial charge is 0.253 e. The lowest BCUT2D eigenvalue weighted by molar-refractivity contribution is -0.121. The van der Waals surface area contributed by atoms with Gasteiger partial charge in [-0.2, -0.15) is 0 Å². The monoisotopic (exact) mass is 354 g/mol. The van der Waals surface area contributed by atoms with Crippen LogP contribution in [0.4, 0.5) is 10.1 Å². The summed E-state index contributed by atoms with van der Waals surface area (Å²) in [5.41, 5.74) is 3.19. The highest BCUT2D eigenvalue weighted by atomic mass is 19.1. The quantitative estimate of drug-likeness (QED) is 0.790. The van der Waals surface area contributed by atoms with Crippen LogP contribution in [0.1, 0.15) is 29.0 Å². The number of carbonyl (C=O) groups is 2.